The smallest absolute Gasteiger partial charge is 0.226 e. The summed E-state index contributed by atoms with van der Waals surface area (Å²) < 4.78 is 5.76. The van der Waals surface area contributed by atoms with Crippen molar-refractivity contribution in [1.29, 1.82) is 0 Å². The Bertz CT molecular complexity index is 393. The third kappa shape index (κ3) is 2.84. The molecule has 1 heterocycles. The van der Waals surface area contributed by atoms with Gasteiger partial charge in [-0.3, -0.25) is 4.79 Å². The number of hydrogen-bond acceptors (Lipinski definition) is 3. The highest BCUT2D eigenvalue weighted by molar-refractivity contribution is 7.80. The highest BCUT2D eigenvalue weighted by atomic mass is 32.1. The second-order valence-corrected chi connectivity index (χ2v) is 6.87. The zero-order valence-corrected chi connectivity index (χ0v) is 13.5. The van der Waals surface area contributed by atoms with Crippen LogP contribution in [0.1, 0.15) is 52.9 Å². The maximum atomic E-state index is 12.7. The molecule has 4 atom stereocenters. The quantitative estimate of drug-likeness (QED) is 0.784. The number of thiocarbonyl (C=S) groups is 1. The molecule has 114 valence electrons. The number of carbonyl (C=O) groups is 1. The largest absolute Gasteiger partial charge is 0.391 e. The summed E-state index contributed by atoms with van der Waals surface area (Å²) in [4.78, 5) is 13.1. The van der Waals surface area contributed by atoms with Crippen LogP contribution in [0.5, 0.6) is 0 Å². The third-order valence-corrected chi connectivity index (χ3v) is 5.48. The molecule has 0 aromatic rings. The Labute approximate surface area is 126 Å². The van der Waals surface area contributed by atoms with Gasteiger partial charge in [0.05, 0.1) is 28.7 Å². The van der Waals surface area contributed by atoms with Gasteiger partial charge < -0.3 is 15.8 Å². The minimum absolute atomic E-state index is 0.0454. The van der Waals surface area contributed by atoms with Crippen molar-refractivity contribution in [1.82, 2.24) is 5.32 Å². The van der Waals surface area contributed by atoms with Gasteiger partial charge in [0.1, 0.15) is 0 Å². The predicted octanol–water partition coefficient (Wildman–Crippen LogP) is 2.15. The Morgan fingerprint density at radius 1 is 1.20 bits per heavy atom. The third-order valence-electron chi connectivity index (χ3n) is 5.09. The number of ether oxygens (including phenoxy) is 1. The van der Waals surface area contributed by atoms with E-state index in [-0.39, 0.29) is 30.0 Å². The Balaban J connectivity index is 2.11. The van der Waals surface area contributed by atoms with Crippen LogP contribution in [0.3, 0.4) is 0 Å². The minimum Gasteiger partial charge on any atom is -0.391 e. The van der Waals surface area contributed by atoms with Crippen LogP contribution in [0.25, 0.3) is 0 Å². The molecule has 0 spiro atoms. The molecule has 0 bridgehead atoms. The van der Waals surface area contributed by atoms with E-state index in [0.717, 1.165) is 25.7 Å². The Morgan fingerprint density at radius 2 is 1.80 bits per heavy atom. The lowest BCUT2D eigenvalue weighted by Gasteiger charge is -2.38. The molecule has 5 heteroatoms. The standard InChI is InChI=1S/C15H26N2O2S/c1-9-10(2)19-11(3)12(9)13(18)17-15(14(16)20)7-5-4-6-8-15/h9-12H,4-8H2,1-3H3,(H2,16,20)(H,17,18). The lowest BCUT2D eigenvalue weighted by molar-refractivity contribution is -0.128. The molecule has 2 rings (SSSR count). The molecule has 1 saturated carbocycles. The molecule has 2 fully saturated rings. The molecule has 4 unspecified atom stereocenters. The Kier molecular flexibility index (Phi) is 4.69. The summed E-state index contributed by atoms with van der Waals surface area (Å²) in [5.41, 5.74) is 5.45. The molecule has 0 aromatic heterocycles. The summed E-state index contributed by atoms with van der Waals surface area (Å²) >= 11 is 5.23. The van der Waals surface area contributed by atoms with Crippen LogP contribution < -0.4 is 11.1 Å². The zero-order valence-electron chi connectivity index (χ0n) is 12.6. The van der Waals surface area contributed by atoms with Gasteiger partial charge in [0.2, 0.25) is 5.91 Å². The van der Waals surface area contributed by atoms with Gasteiger partial charge in [0, 0.05) is 0 Å². The number of nitrogens with two attached hydrogens (primary N) is 1. The van der Waals surface area contributed by atoms with Crippen LogP contribution in [0, 0.1) is 11.8 Å². The van der Waals surface area contributed by atoms with Gasteiger partial charge in [0.25, 0.3) is 0 Å². The topological polar surface area (TPSA) is 64.3 Å². The molecule has 1 saturated heterocycles. The number of nitrogens with one attached hydrogen (secondary N) is 1. The van der Waals surface area contributed by atoms with Crippen molar-refractivity contribution in [2.45, 2.75) is 70.6 Å². The molecule has 3 N–H and O–H groups in total. The predicted molar refractivity (Wildman–Crippen MR) is 83.4 cm³/mol. The molecule has 20 heavy (non-hydrogen) atoms. The van der Waals surface area contributed by atoms with E-state index < -0.39 is 5.54 Å². The van der Waals surface area contributed by atoms with Gasteiger partial charge in [-0.2, -0.15) is 0 Å². The first-order valence-corrected chi connectivity index (χ1v) is 8.05. The summed E-state index contributed by atoms with van der Waals surface area (Å²) in [5.74, 6) is 0.152. The van der Waals surface area contributed by atoms with Crippen LogP contribution in [0.15, 0.2) is 0 Å². The lowest BCUT2D eigenvalue weighted by Crippen LogP contribution is -2.59. The summed E-state index contributed by atoms with van der Waals surface area (Å²) in [6, 6.07) is 0. The highest BCUT2D eigenvalue weighted by Gasteiger charge is 2.45. The van der Waals surface area contributed by atoms with E-state index in [1.165, 1.54) is 6.42 Å². The molecule has 0 aromatic carbocycles. The molecule has 2 aliphatic rings. The van der Waals surface area contributed by atoms with Crippen molar-refractivity contribution in [2.75, 3.05) is 0 Å². The first-order chi connectivity index (χ1) is 9.37. The molecular formula is C15H26N2O2S. The van der Waals surface area contributed by atoms with E-state index in [9.17, 15) is 4.79 Å². The second-order valence-electron chi connectivity index (χ2n) is 6.43. The van der Waals surface area contributed by atoms with E-state index in [0.29, 0.717) is 4.99 Å². The van der Waals surface area contributed by atoms with Crippen molar-refractivity contribution in [3.8, 4) is 0 Å². The van der Waals surface area contributed by atoms with Crippen LogP contribution in [0.2, 0.25) is 0 Å². The summed E-state index contributed by atoms with van der Waals surface area (Å²) in [7, 11) is 0. The number of amides is 1. The van der Waals surface area contributed by atoms with E-state index >= 15 is 0 Å². The SMILES string of the molecule is CC1OC(C)C(C(=O)NC2(C(N)=S)CCCCC2)C1C. The summed E-state index contributed by atoms with van der Waals surface area (Å²) in [6.45, 7) is 6.07. The fraction of sp³-hybridized carbons (Fsp3) is 0.867. The van der Waals surface area contributed by atoms with Crippen LogP contribution in [-0.4, -0.2) is 28.6 Å². The van der Waals surface area contributed by atoms with Gasteiger partial charge in [-0.1, -0.05) is 38.4 Å². The van der Waals surface area contributed by atoms with Crippen molar-refractivity contribution in [3.63, 3.8) is 0 Å². The lowest BCUT2D eigenvalue weighted by atomic mass is 9.80. The molecule has 1 aliphatic heterocycles. The van der Waals surface area contributed by atoms with Crippen molar-refractivity contribution in [3.05, 3.63) is 0 Å². The van der Waals surface area contributed by atoms with Gasteiger partial charge in [-0.05, 0) is 32.6 Å². The maximum absolute atomic E-state index is 12.7. The molecule has 0 radical (unpaired) electrons. The highest BCUT2D eigenvalue weighted by Crippen LogP contribution is 2.34. The van der Waals surface area contributed by atoms with E-state index in [4.69, 9.17) is 22.7 Å². The minimum atomic E-state index is -0.476. The van der Waals surface area contributed by atoms with Gasteiger partial charge in [-0.25, -0.2) is 0 Å². The first-order valence-electron chi connectivity index (χ1n) is 7.65. The summed E-state index contributed by atoms with van der Waals surface area (Å²) in [6.07, 6.45) is 5.12. The van der Waals surface area contributed by atoms with E-state index in [1.54, 1.807) is 0 Å². The average Bonchev–Trinajstić information content (AvgIpc) is 2.64. The molecule has 1 aliphatic carbocycles. The summed E-state index contributed by atoms with van der Waals surface area (Å²) in [5, 5.41) is 3.17. The Morgan fingerprint density at radius 3 is 2.25 bits per heavy atom. The number of carbonyl (C=O) groups excluding carboxylic acids is 1. The fourth-order valence-corrected chi connectivity index (χ4v) is 3.88. The molecule has 1 amide bonds. The van der Waals surface area contributed by atoms with Crippen molar-refractivity contribution in [2.24, 2.45) is 17.6 Å². The monoisotopic (exact) mass is 298 g/mol. The van der Waals surface area contributed by atoms with E-state index in [2.05, 4.69) is 12.2 Å². The van der Waals surface area contributed by atoms with Gasteiger partial charge >= 0.3 is 0 Å². The van der Waals surface area contributed by atoms with Crippen molar-refractivity contribution < 1.29 is 9.53 Å². The molecular weight excluding hydrogens is 272 g/mol. The second kappa shape index (κ2) is 5.98. The van der Waals surface area contributed by atoms with Crippen LogP contribution in [0.4, 0.5) is 0 Å². The van der Waals surface area contributed by atoms with Crippen molar-refractivity contribution >= 4 is 23.1 Å². The first kappa shape index (κ1) is 15.7. The number of rotatable bonds is 3. The molecule has 4 nitrogen and oxygen atoms in total. The van der Waals surface area contributed by atoms with Crippen LogP contribution >= 0.6 is 12.2 Å². The average molecular weight is 298 g/mol. The Hall–Kier alpha value is -0.680. The maximum Gasteiger partial charge on any atom is 0.226 e. The fourth-order valence-electron chi connectivity index (χ4n) is 3.63. The van der Waals surface area contributed by atoms with Gasteiger partial charge in [0.15, 0.2) is 0 Å². The number of hydrogen-bond donors (Lipinski definition) is 2. The van der Waals surface area contributed by atoms with Gasteiger partial charge in [-0.15, -0.1) is 0 Å². The van der Waals surface area contributed by atoms with E-state index in [1.807, 2.05) is 13.8 Å². The normalized spacial score (nSPS) is 36.5. The zero-order chi connectivity index (χ0) is 14.9. The van der Waals surface area contributed by atoms with Crippen LogP contribution in [-0.2, 0) is 9.53 Å².